The summed E-state index contributed by atoms with van der Waals surface area (Å²) in [7, 11) is 2.05. The molecule has 1 aliphatic rings. The molecule has 2 unspecified atom stereocenters. The van der Waals surface area contributed by atoms with E-state index in [2.05, 4.69) is 23.4 Å². The van der Waals surface area contributed by atoms with Gasteiger partial charge in [0.2, 0.25) is 5.91 Å². The van der Waals surface area contributed by atoms with Gasteiger partial charge >= 0.3 is 0 Å². The van der Waals surface area contributed by atoms with Crippen LogP contribution in [0, 0.1) is 0 Å². The number of nitrogens with one attached hydrogen (secondary N) is 1. The Morgan fingerprint density at radius 3 is 2.53 bits per heavy atom. The highest BCUT2D eigenvalue weighted by Crippen LogP contribution is 2.10. The lowest BCUT2D eigenvalue weighted by molar-refractivity contribution is -0.137. The fraction of sp³-hybridized carbons (Fsp3) is 0.917. The third-order valence-corrected chi connectivity index (χ3v) is 4.32. The van der Waals surface area contributed by atoms with E-state index in [0.717, 1.165) is 31.9 Å². The van der Waals surface area contributed by atoms with Gasteiger partial charge in [0.25, 0.3) is 0 Å². The van der Waals surface area contributed by atoms with Crippen molar-refractivity contribution < 1.29 is 4.79 Å². The Labute approximate surface area is 109 Å². The third-order valence-electron chi connectivity index (χ3n) is 3.50. The molecule has 0 aliphatic carbocycles. The molecule has 1 heterocycles. The molecule has 5 heteroatoms. The molecule has 1 amide bonds. The Bertz CT molecular complexity index is 244. The molecule has 0 aromatic rings. The summed E-state index contributed by atoms with van der Waals surface area (Å²) in [6.45, 7) is 7.71. The van der Waals surface area contributed by atoms with Crippen molar-refractivity contribution in [2.45, 2.75) is 25.9 Å². The van der Waals surface area contributed by atoms with Crippen molar-refractivity contribution in [1.29, 1.82) is 0 Å². The van der Waals surface area contributed by atoms with Gasteiger partial charge in [-0.15, -0.1) is 0 Å². The molecule has 1 N–H and O–H groups in total. The maximum Gasteiger partial charge on any atom is 0.239 e. The summed E-state index contributed by atoms with van der Waals surface area (Å²) in [4.78, 5) is 16.5. The summed E-state index contributed by atoms with van der Waals surface area (Å²) in [6, 6.07) is 0.419. The minimum Gasteiger partial charge on any atom is -0.339 e. The van der Waals surface area contributed by atoms with Gasteiger partial charge < -0.3 is 10.2 Å². The Balaban J connectivity index is 2.49. The Morgan fingerprint density at radius 1 is 1.41 bits per heavy atom. The average Bonchev–Trinajstić information content (AvgIpc) is 2.37. The van der Waals surface area contributed by atoms with E-state index in [4.69, 9.17) is 0 Å². The molecule has 0 saturated carbocycles. The lowest BCUT2D eigenvalue weighted by Gasteiger charge is -2.35. The molecule has 17 heavy (non-hydrogen) atoms. The maximum absolute atomic E-state index is 12.3. The molecule has 1 saturated heterocycles. The van der Waals surface area contributed by atoms with E-state index in [1.165, 1.54) is 0 Å². The summed E-state index contributed by atoms with van der Waals surface area (Å²) in [5.41, 5.74) is 0. The molecule has 0 spiro atoms. The molecule has 1 rings (SSSR count). The largest absolute Gasteiger partial charge is 0.339 e. The van der Waals surface area contributed by atoms with E-state index in [1.54, 1.807) is 0 Å². The molecule has 4 nitrogen and oxygen atoms in total. The Hall–Kier alpha value is -0.260. The van der Waals surface area contributed by atoms with Crippen LogP contribution in [0.4, 0.5) is 0 Å². The van der Waals surface area contributed by atoms with E-state index < -0.39 is 0 Å². The van der Waals surface area contributed by atoms with Crippen LogP contribution < -0.4 is 5.32 Å². The van der Waals surface area contributed by atoms with Gasteiger partial charge in [-0.1, -0.05) is 0 Å². The monoisotopic (exact) mass is 259 g/mol. The predicted molar refractivity (Wildman–Crippen MR) is 74.5 cm³/mol. The number of piperazine rings is 1. The molecule has 0 aromatic carbocycles. The van der Waals surface area contributed by atoms with Crippen LogP contribution in [0.25, 0.3) is 0 Å². The normalized spacial score (nSPS) is 20.4. The fourth-order valence-corrected chi connectivity index (χ4v) is 2.78. The van der Waals surface area contributed by atoms with E-state index in [1.807, 2.05) is 30.6 Å². The number of thioether (sulfide) groups is 1. The minimum absolute atomic E-state index is 0.0183. The molecule has 100 valence electrons. The van der Waals surface area contributed by atoms with Gasteiger partial charge in [0.1, 0.15) is 0 Å². The van der Waals surface area contributed by atoms with Gasteiger partial charge in [-0.3, -0.25) is 9.69 Å². The topological polar surface area (TPSA) is 35.6 Å². The average molecular weight is 259 g/mol. The first-order valence-electron chi connectivity index (χ1n) is 6.28. The summed E-state index contributed by atoms with van der Waals surface area (Å²) < 4.78 is 0. The van der Waals surface area contributed by atoms with Crippen LogP contribution in [0.2, 0.25) is 0 Å². The van der Waals surface area contributed by atoms with Gasteiger partial charge in [0.05, 0.1) is 6.04 Å². The highest BCUT2D eigenvalue weighted by molar-refractivity contribution is 7.98. The SMILES string of the molecule is CSCC(C)N(C)C(C)C(=O)N1CCNCC1. The van der Waals surface area contributed by atoms with Crippen LogP contribution in [0.15, 0.2) is 0 Å². The van der Waals surface area contributed by atoms with Crippen LogP contribution in [-0.4, -0.2) is 73.0 Å². The number of carbonyl (C=O) groups is 1. The highest BCUT2D eigenvalue weighted by Gasteiger charge is 2.26. The van der Waals surface area contributed by atoms with Crippen LogP contribution in [0.1, 0.15) is 13.8 Å². The van der Waals surface area contributed by atoms with E-state index in [-0.39, 0.29) is 11.9 Å². The van der Waals surface area contributed by atoms with Crippen LogP contribution in [-0.2, 0) is 4.79 Å². The van der Waals surface area contributed by atoms with Crippen molar-refractivity contribution in [3.63, 3.8) is 0 Å². The summed E-state index contributed by atoms with van der Waals surface area (Å²) in [5, 5.41) is 3.27. The van der Waals surface area contributed by atoms with Crippen molar-refractivity contribution in [3.05, 3.63) is 0 Å². The zero-order chi connectivity index (χ0) is 12.8. The first kappa shape index (κ1) is 14.8. The number of rotatable bonds is 5. The number of amides is 1. The second kappa shape index (κ2) is 7.24. The number of nitrogens with zero attached hydrogens (tertiary/aromatic N) is 2. The molecule has 1 fully saturated rings. The third kappa shape index (κ3) is 4.16. The van der Waals surface area contributed by atoms with Crippen LogP contribution >= 0.6 is 11.8 Å². The van der Waals surface area contributed by atoms with Crippen molar-refractivity contribution >= 4 is 17.7 Å². The molecule has 0 bridgehead atoms. The van der Waals surface area contributed by atoms with Crippen LogP contribution in [0.3, 0.4) is 0 Å². The Morgan fingerprint density at radius 2 is 2.00 bits per heavy atom. The van der Waals surface area contributed by atoms with Gasteiger partial charge in [0.15, 0.2) is 0 Å². The molecule has 1 aliphatic heterocycles. The van der Waals surface area contributed by atoms with Gasteiger partial charge in [0, 0.05) is 38.0 Å². The second-order valence-corrected chi connectivity index (χ2v) is 5.63. The maximum atomic E-state index is 12.3. The zero-order valence-electron chi connectivity index (χ0n) is 11.4. The standard InChI is InChI=1S/C12H25N3OS/c1-10(9-17-4)14(3)11(2)12(16)15-7-5-13-6-8-15/h10-11,13H,5-9H2,1-4H3. The van der Waals surface area contributed by atoms with Gasteiger partial charge in [-0.25, -0.2) is 0 Å². The lowest BCUT2D eigenvalue weighted by atomic mass is 10.2. The molecular formula is C12H25N3OS. The smallest absolute Gasteiger partial charge is 0.239 e. The van der Waals surface area contributed by atoms with Crippen molar-refractivity contribution in [3.8, 4) is 0 Å². The molecule has 2 atom stereocenters. The lowest BCUT2D eigenvalue weighted by Crippen LogP contribution is -2.54. The highest BCUT2D eigenvalue weighted by atomic mass is 32.2. The molecule has 0 radical (unpaired) electrons. The molecule has 0 aromatic heterocycles. The van der Waals surface area contributed by atoms with Crippen molar-refractivity contribution in [1.82, 2.24) is 15.1 Å². The summed E-state index contributed by atoms with van der Waals surface area (Å²) in [6.07, 6.45) is 2.10. The number of hydrogen-bond donors (Lipinski definition) is 1. The van der Waals surface area contributed by atoms with Crippen LogP contribution in [0.5, 0.6) is 0 Å². The van der Waals surface area contributed by atoms with Gasteiger partial charge in [-0.05, 0) is 27.2 Å². The number of likely N-dealkylation sites (N-methyl/N-ethyl adjacent to an activating group) is 1. The first-order chi connectivity index (χ1) is 8.07. The quantitative estimate of drug-likeness (QED) is 0.779. The number of hydrogen-bond acceptors (Lipinski definition) is 4. The second-order valence-electron chi connectivity index (χ2n) is 4.72. The fourth-order valence-electron chi connectivity index (χ4n) is 2.06. The van der Waals surface area contributed by atoms with Gasteiger partial charge in [-0.2, -0.15) is 11.8 Å². The van der Waals surface area contributed by atoms with Crippen molar-refractivity contribution in [2.75, 3.05) is 45.2 Å². The van der Waals surface area contributed by atoms with E-state index in [9.17, 15) is 4.79 Å². The van der Waals surface area contributed by atoms with E-state index >= 15 is 0 Å². The summed E-state index contributed by atoms with van der Waals surface area (Å²) in [5.74, 6) is 1.33. The Kier molecular flexibility index (Phi) is 6.30. The zero-order valence-corrected chi connectivity index (χ0v) is 12.2. The predicted octanol–water partition coefficient (Wildman–Crippen LogP) is 0.490. The summed E-state index contributed by atoms with van der Waals surface area (Å²) >= 11 is 1.83. The van der Waals surface area contributed by atoms with E-state index in [0.29, 0.717) is 6.04 Å². The first-order valence-corrected chi connectivity index (χ1v) is 7.67. The molecular weight excluding hydrogens is 234 g/mol. The minimum atomic E-state index is -0.0183. The van der Waals surface area contributed by atoms with Crippen molar-refractivity contribution in [2.24, 2.45) is 0 Å². The number of carbonyl (C=O) groups excluding carboxylic acids is 1.